The first-order chi connectivity index (χ1) is 8.21. The normalized spacial score (nSPS) is 13.5. The minimum atomic E-state index is 0.0108. The van der Waals surface area contributed by atoms with Crippen LogP contribution >= 0.6 is 0 Å². The number of amides is 1. The van der Waals surface area contributed by atoms with Crippen molar-refractivity contribution in [3.8, 4) is 0 Å². The molecule has 0 aliphatic carbocycles. The first-order valence-corrected chi connectivity index (χ1v) is 6.63. The Morgan fingerprint density at radius 1 is 1.06 bits per heavy atom. The number of rotatable bonds is 3. The van der Waals surface area contributed by atoms with Crippen molar-refractivity contribution < 1.29 is 4.79 Å². The van der Waals surface area contributed by atoms with Gasteiger partial charge < -0.3 is 5.32 Å². The fourth-order valence-corrected chi connectivity index (χ4v) is 1.58. The van der Waals surface area contributed by atoms with Crippen molar-refractivity contribution in [2.24, 2.45) is 5.92 Å². The Morgan fingerprint density at radius 2 is 1.56 bits per heavy atom. The molecule has 2 heteroatoms. The molecule has 0 saturated heterocycles. The van der Waals surface area contributed by atoms with Crippen molar-refractivity contribution in [1.82, 2.24) is 5.32 Å². The van der Waals surface area contributed by atoms with Gasteiger partial charge in [0.1, 0.15) is 0 Å². The van der Waals surface area contributed by atoms with Gasteiger partial charge in [0.05, 0.1) is 0 Å². The van der Waals surface area contributed by atoms with E-state index in [4.69, 9.17) is 0 Å². The molecule has 1 aromatic rings. The highest BCUT2D eigenvalue weighted by atomic mass is 16.1. The molecule has 0 spiro atoms. The molecule has 1 amide bonds. The minimum absolute atomic E-state index is 0.0108. The quantitative estimate of drug-likeness (QED) is 0.865. The molecule has 0 bridgehead atoms. The summed E-state index contributed by atoms with van der Waals surface area (Å²) in [7, 11) is 0. The summed E-state index contributed by atoms with van der Waals surface area (Å²) in [4.78, 5) is 12.0. The number of benzene rings is 1. The predicted octanol–water partition coefficient (Wildman–Crippen LogP) is 3.76. The molecular weight excluding hydrogens is 222 g/mol. The van der Waals surface area contributed by atoms with Gasteiger partial charge in [-0.1, -0.05) is 46.8 Å². The maximum atomic E-state index is 12.0. The lowest BCUT2D eigenvalue weighted by Crippen LogP contribution is -2.36. The smallest absolute Gasteiger partial charge is 0.251 e. The van der Waals surface area contributed by atoms with E-state index >= 15 is 0 Å². The van der Waals surface area contributed by atoms with Crippen LogP contribution in [0.5, 0.6) is 0 Å². The molecule has 1 N–H and O–H groups in total. The van der Waals surface area contributed by atoms with Gasteiger partial charge in [0, 0.05) is 11.6 Å². The Kier molecular flexibility index (Phi) is 4.55. The van der Waals surface area contributed by atoms with Gasteiger partial charge in [0.15, 0.2) is 0 Å². The third-order valence-corrected chi connectivity index (χ3v) is 3.37. The zero-order valence-corrected chi connectivity index (χ0v) is 12.4. The monoisotopic (exact) mass is 247 g/mol. The summed E-state index contributed by atoms with van der Waals surface area (Å²) in [5.74, 6) is 0.458. The number of hydrogen-bond acceptors (Lipinski definition) is 1. The van der Waals surface area contributed by atoms with Crippen molar-refractivity contribution in [2.45, 2.75) is 53.0 Å². The molecule has 1 atom stereocenters. The van der Waals surface area contributed by atoms with Gasteiger partial charge in [-0.3, -0.25) is 4.79 Å². The van der Waals surface area contributed by atoms with Gasteiger partial charge >= 0.3 is 0 Å². The van der Waals surface area contributed by atoms with Gasteiger partial charge in [-0.15, -0.1) is 0 Å². The maximum absolute atomic E-state index is 12.0. The molecular formula is C16H25NO. The summed E-state index contributed by atoms with van der Waals surface area (Å²) >= 11 is 0. The van der Waals surface area contributed by atoms with Crippen molar-refractivity contribution >= 4 is 5.91 Å². The summed E-state index contributed by atoms with van der Waals surface area (Å²) in [6, 6.07) is 8.08. The Balaban J connectivity index is 2.77. The average Bonchev–Trinajstić information content (AvgIpc) is 2.27. The predicted molar refractivity (Wildman–Crippen MR) is 76.9 cm³/mol. The van der Waals surface area contributed by atoms with E-state index in [2.05, 4.69) is 39.9 Å². The molecule has 0 aromatic heterocycles. The van der Waals surface area contributed by atoms with Gasteiger partial charge in [0.2, 0.25) is 0 Å². The molecule has 18 heavy (non-hydrogen) atoms. The lowest BCUT2D eigenvalue weighted by molar-refractivity contribution is 0.0930. The molecule has 100 valence electrons. The van der Waals surface area contributed by atoms with Crippen LogP contribution in [-0.2, 0) is 5.41 Å². The topological polar surface area (TPSA) is 29.1 Å². The Labute approximate surface area is 111 Å². The van der Waals surface area contributed by atoms with E-state index in [1.165, 1.54) is 5.56 Å². The van der Waals surface area contributed by atoms with E-state index in [1.807, 2.05) is 31.2 Å². The van der Waals surface area contributed by atoms with E-state index in [-0.39, 0.29) is 17.4 Å². The third kappa shape index (κ3) is 3.86. The Morgan fingerprint density at radius 3 is 1.94 bits per heavy atom. The van der Waals surface area contributed by atoms with Crippen molar-refractivity contribution in [3.63, 3.8) is 0 Å². The second kappa shape index (κ2) is 5.55. The Hall–Kier alpha value is -1.31. The first-order valence-electron chi connectivity index (χ1n) is 6.63. The molecule has 0 aliphatic rings. The highest BCUT2D eigenvalue weighted by Gasteiger charge is 2.15. The summed E-state index contributed by atoms with van der Waals surface area (Å²) in [5, 5.41) is 3.01. The number of carbonyl (C=O) groups is 1. The standard InChI is InChI=1S/C16H25NO/c1-11(2)12(3)17-15(18)13-7-9-14(10-8-13)16(4,5)6/h7-12H,1-6H3,(H,17,18). The summed E-state index contributed by atoms with van der Waals surface area (Å²) in [6.45, 7) is 12.8. The van der Waals surface area contributed by atoms with Crippen molar-refractivity contribution in [3.05, 3.63) is 35.4 Å². The fraction of sp³-hybridized carbons (Fsp3) is 0.562. The minimum Gasteiger partial charge on any atom is -0.349 e. The van der Waals surface area contributed by atoms with Crippen molar-refractivity contribution in [1.29, 1.82) is 0 Å². The summed E-state index contributed by atoms with van der Waals surface area (Å²) in [6.07, 6.45) is 0. The van der Waals surface area contributed by atoms with Crippen LogP contribution in [0.1, 0.15) is 57.5 Å². The molecule has 0 radical (unpaired) electrons. The third-order valence-electron chi connectivity index (χ3n) is 3.37. The zero-order chi connectivity index (χ0) is 13.9. The number of carbonyl (C=O) groups excluding carboxylic acids is 1. The van der Waals surface area contributed by atoms with Crippen LogP contribution in [0.2, 0.25) is 0 Å². The first kappa shape index (κ1) is 14.7. The van der Waals surface area contributed by atoms with Crippen LogP contribution < -0.4 is 5.32 Å². The van der Waals surface area contributed by atoms with E-state index in [0.717, 1.165) is 5.56 Å². The van der Waals surface area contributed by atoms with Crippen LogP contribution in [-0.4, -0.2) is 11.9 Å². The van der Waals surface area contributed by atoms with E-state index in [1.54, 1.807) is 0 Å². The molecule has 0 saturated carbocycles. The van der Waals surface area contributed by atoms with Crippen LogP contribution in [0.15, 0.2) is 24.3 Å². The molecule has 0 heterocycles. The molecule has 2 nitrogen and oxygen atoms in total. The second-order valence-corrected chi connectivity index (χ2v) is 6.33. The fourth-order valence-electron chi connectivity index (χ4n) is 1.58. The summed E-state index contributed by atoms with van der Waals surface area (Å²) < 4.78 is 0. The lowest BCUT2D eigenvalue weighted by atomic mass is 9.86. The van der Waals surface area contributed by atoms with Gasteiger partial charge in [-0.25, -0.2) is 0 Å². The van der Waals surface area contributed by atoms with E-state index < -0.39 is 0 Å². The van der Waals surface area contributed by atoms with E-state index in [9.17, 15) is 4.79 Å². The molecule has 0 aliphatic heterocycles. The SMILES string of the molecule is CC(C)C(C)NC(=O)c1ccc(C(C)(C)C)cc1. The van der Waals surface area contributed by atoms with Gasteiger partial charge in [-0.2, -0.15) is 0 Å². The summed E-state index contributed by atoms with van der Waals surface area (Å²) in [5.41, 5.74) is 2.10. The number of hydrogen-bond donors (Lipinski definition) is 1. The van der Waals surface area contributed by atoms with Gasteiger partial charge in [0.25, 0.3) is 5.91 Å². The van der Waals surface area contributed by atoms with Crippen LogP contribution in [0.4, 0.5) is 0 Å². The lowest BCUT2D eigenvalue weighted by Gasteiger charge is -2.20. The molecule has 1 rings (SSSR count). The molecule has 0 fully saturated rings. The number of nitrogens with one attached hydrogen (secondary N) is 1. The van der Waals surface area contributed by atoms with Crippen LogP contribution in [0, 0.1) is 5.92 Å². The highest BCUT2D eigenvalue weighted by Crippen LogP contribution is 2.22. The average molecular weight is 247 g/mol. The maximum Gasteiger partial charge on any atom is 0.251 e. The molecule has 1 unspecified atom stereocenters. The molecule has 1 aromatic carbocycles. The van der Waals surface area contributed by atoms with Crippen LogP contribution in [0.3, 0.4) is 0 Å². The Bertz CT molecular complexity index is 398. The van der Waals surface area contributed by atoms with E-state index in [0.29, 0.717) is 5.92 Å². The van der Waals surface area contributed by atoms with Gasteiger partial charge in [-0.05, 0) is 36.0 Å². The highest BCUT2D eigenvalue weighted by molar-refractivity contribution is 5.94. The van der Waals surface area contributed by atoms with Crippen LogP contribution in [0.25, 0.3) is 0 Å². The zero-order valence-electron chi connectivity index (χ0n) is 12.4. The largest absolute Gasteiger partial charge is 0.349 e. The van der Waals surface area contributed by atoms with Crippen molar-refractivity contribution in [2.75, 3.05) is 0 Å². The second-order valence-electron chi connectivity index (χ2n) is 6.33.